The second-order valence-corrected chi connectivity index (χ2v) is 7.00. The summed E-state index contributed by atoms with van der Waals surface area (Å²) in [6.07, 6.45) is 1.63. The van der Waals surface area contributed by atoms with Gasteiger partial charge in [-0.05, 0) is 36.1 Å². The molecule has 5 heteroatoms. The van der Waals surface area contributed by atoms with E-state index in [2.05, 4.69) is 19.2 Å². The van der Waals surface area contributed by atoms with E-state index in [0.717, 1.165) is 11.1 Å². The average Bonchev–Trinajstić information content (AvgIpc) is 2.64. The van der Waals surface area contributed by atoms with E-state index in [0.29, 0.717) is 17.1 Å². The number of para-hydroxylation sites is 1. The zero-order valence-electron chi connectivity index (χ0n) is 16.1. The van der Waals surface area contributed by atoms with Gasteiger partial charge in [0.1, 0.15) is 0 Å². The monoisotopic (exact) mass is 364 g/mol. The summed E-state index contributed by atoms with van der Waals surface area (Å²) in [5.41, 5.74) is 4.38. The number of carbonyl (C=O) groups is 2. The number of anilines is 2. The van der Waals surface area contributed by atoms with Crippen molar-refractivity contribution in [3.05, 3.63) is 59.7 Å². The van der Waals surface area contributed by atoms with Crippen LogP contribution in [-0.4, -0.2) is 25.5 Å². The third kappa shape index (κ3) is 4.03. The third-order valence-electron chi connectivity index (χ3n) is 4.62. The van der Waals surface area contributed by atoms with Gasteiger partial charge >= 0.3 is 0 Å². The largest absolute Gasteiger partial charge is 0.479 e. The van der Waals surface area contributed by atoms with Gasteiger partial charge in [0, 0.05) is 13.1 Å². The van der Waals surface area contributed by atoms with Crippen LogP contribution in [0.25, 0.3) is 5.57 Å². The van der Waals surface area contributed by atoms with Crippen LogP contribution in [-0.2, 0) is 9.59 Å². The van der Waals surface area contributed by atoms with E-state index in [4.69, 9.17) is 4.74 Å². The van der Waals surface area contributed by atoms with Crippen LogP contribution in [0, 0.1) is 12.8 Å². The molecule has 0 unspecified atom stereocenters. The second-order valence-electron chi connectivity index (χ2n) is 7.00. The number of amides is 2. The van der Waals surface area contributed by atoms with Gasteiger partial charge in [0.15, 0.2) is 12.4 Å². The number of aryl methyl sites for hydroxylation is 1. The maximum Gasteiger partial charge on any atom is 0.264 e. The summed E-state index contributed by atoms with van der Waals surface area (Å²) >= 11 is 0. The van der Waals surface area contributed by atoms with Crippen LogP contribution < -0.4 is 15.0 Å². The molecular formula is C22H24N2O3. The normalized spacial score (nSPS) is 14.0. The molecule has 3 rings (SSSR count). The van der Waals surface area contributed by atoms with E-state index in [9.17, 15) is 9.59 Å². The molecule has 1 aliphatic rings. The molecule has 0 aliphatic carbocycles. The summed E-state index contributed by atoms with van der Waals surface area (Å²) in [6, 6.07) is 13.5. The van der Waals surface area contributed by atoms with Gasteiger partial charge in [-0.15, -0.1) is 0 Å². The Bertz CT molecular complexity index is 898. The first kappa shape index (κ1) is 18.7. The first-order valence-corrected chi connectivity index (χ1v) is 8.99. The number of fused-ring (bicyclic) bond motifs is 1. The standard InChI is InChI=1S/C22H24N2O3/c1-14(2)17(16-10-8-15(3)9-11-16)12-20(25)23-18-6-5-7-19-22(18)27-13-21(26)24(19)4/h5-12,14H,13H2,1-4H3,(H,23,25)/b17-12+. The summed E-state index contributed by atoms with van der Waals surface area (Å²) in [4.78, 5) is 26.0. The maximum absolute atomic E-state index is 12.7. The number of nitrogens with zero attached hydrogens (tertiary/aromatic N) is 1. The highest BCUT2D eigenvalue weighted by Crippen LogP contribution is 2.38. The molecule has 0 radical (unpaired) electrons. The van der Waals surface area contributed by atoms with Crippen molar-refractivity contribution in [3.63, 3.8) is 0 Å². The van der Waals surface area contributed by atoms with E-state index in [-0.39, 0.29) is 24.3 Å². The molecule has 27 heavy (non-hydrogen) atoms. The van der Waals surface area contributed by atoms with Crippen LogP contribution in [0.4, 0.5) is 11.4 Å². The fraction of sp³-hybridized carbons (Fsp3) is 0.273. The Morgan fingerprint density at radius 1 is 1.19 bits per heavy atom. The van der Waals surface area contributed by atoms with Crippen molar-refractivity contribution in [2.24, 2.45) is 5.92 Å². The maximum atomic E-state index is 12.7. The molecule has 1 heterocycles. The summed E-state index contributed by atoms with van der Waals surface area (Å²) < 4.78 is 5.56. The Morgan fingerprint density at radius 2 is 1.89 bits per heavy atom. The topological polar surface area (TPSA) is 58.6 Å². The van der Waals surface area contributed by atoms with Crippen molar-refractivity contribution < 1.29 is 14.3 Å². The van der Waals surface area contributed by atoms with Crippen LogP contribution in [0.2, 0.25) is 0 Å². The van der Waals surface area contributed by atoms with Crippen molar-refractivity contribution in [2.45, 2.75) is 20.8 Å². The molecular weight excluding hydrogens is 340 g/mol. The van der Waals surface area contributed by atoms with E-state index >= 15 is 0 Å². The lowest BCUT2D eigenvalue weighted by Crippen LogP contribution is -2.35. The zero-order valence-corrected chi connectivity index (χ0v) is 16.1. The molecule has 5 nitrogen and oxygen atoms in total. The van der Waals surface area contributed by atoms with Gasteiger partial charge in [0.2, 0.25) is 5.91 Å². The van der Waals surface area contributed by atoms with Gasteiger partial charge < -0.3 is 15.0 Å². The minimum Gasteiger partial charge on any atom is -0.479 e. The predicted molar refractivity (Wildman–Crippen MR) is 108 cm³/mol. The lowest BCUT2D eigenvalue weighted by molar-refractivity contribution is -0.120. The minimum absolute atomic E-state index is 0.0349. The number of hydrogen-bond donors (Lipinski definition) is 1. The predicted octanol–water partition coefficient (Wildman–Crippen LogP) is 4.03. The number of likely N-dealkylation sites (N-methyl/N-ethyl adjacent to an activating group) is 1. The Morgan fingerprint density at radius 3 is 2.56 bits per heavy atom. The Balaban J connectivity index is 1.87. The smallest absolute Gasteiger partial charge is 0.264 e. The van der Waals surface area contributed by atoms with Crippen molar-refractivity contribution in [2.75, 3.05) is 23.9 Å². The molecule has 1 N–H and O–H groups in total. The summed E-state index contributed by atoms with van der Waals surface area (Å²) in [5, 5.41) is 2.89. The molecule has 2 aromatic carbocycles. The second kappa shape index (κ2) is 7.66. The number of nitrogens with one attached hydrogen (secondary N) is 1. The number of hydrogen-bond acceptors (Lipinski definition) is 3. The lowest BCUT2D eigenvalue weighted by atomic mass is 9.94. The molecule has 0 saturated carbocycles. The Labute approximate surface area is 159 Å². The summed E-state index contributed by atoms with van der Waals surface area (Å²) in [5.74, 6) is 0.370. The number of benzene rings is 2. The lowest BCUT2D eigenvalue weighted by Gasteiger charge is -2.27. The third-order valence-corrected chi connectivity index (χ3v) is 4.62. The number of ether oxygens (including phenoxy) is 1. The van der Waals surface area contributed by atoms with Crippen LogP contribution in [0.15, 0.2) is 48.5 Å². The van der Waals surface area contributed by atoms with Crippen LogP contribution >= 0.6 is 0 Å². The fourth-order valence-electron chi connectivity index (χ4n) is 3.04. The van der Waals surface area contributed by atoms with Crippen molar-refractivity contribution in [1.82, 2.24) is 0 Å². The first-order chi connectivity index (χ1) is 12.9. The molecule has 2 aromatic rings. The molecule has 0 bridgehead atoms. The van der Waals surface area contributed by atoms with Crippen LogP contribution in [0.5, 0.6) is 5.75 Å². The quantitative estimate of drug-likeness (QED) is 0.834. The highest BCUT2D eigenvalue weighted by molar-refractivity contribution is 6.06. The molecule has 0 fully saturated rings. The Hall–Kier alpha value is -3.08. The molecule has 2 amide bonds. The van der Waals surface area contributed by atoms with Gasteiger partial charge in [0.05, 0.1) is 11.4 Å². The Kier molecular flexibility index (Phi) is 5.31. The van der Waals surface area contributed by atoms with Crippen LogP contribution in [0.1, 0.15) is 25.0 Å². The minimum atomic E-state index is -0.226. The average molecular weight is 364 g/mol. The summed E-state index contributed by atoms with van der Waals surface area (Å²) in [6.45, 7) is 6.13. The molecule has 0 atom stereocenters. The van der Waals surface area contributed by atoms with Crippen molar-refractivity contribution >= 4 is 28.8 Å². The molecule has 140 valence electrons. The summed E-state index contributed by atoms with van der Waals surface area (Å²) in [7, 11) is 1.70. The SMILES string of the molecule is Cc1ccc(/C(=C/C(=O)Nc2cccc3c2OCC(=O)N3C)C(C)C)cc1. The highest BCUT2D eigenvalue weighted by atomic mass is 16.5. The molecule has 0 spiro atoms. The molecule has 0 aromatic heterocycles. The highest BCUT2D eigenvalue weighted by Gasteiger charge is 2.24. The first-order valence-electron chi connectivity index (χ1n) is 8.99. The van der Waals surface area contributed by atoms with Crippen molar-refractivity contribution in [1.29, 1.82) is 0 Å². The van der Waals surface area contributed by atoms with Gasteiger partial charge in [-0.1, -0.05) is 49.7 Å². The van der Waals surface area contributed by atoms with Gasteiger partial charge in [-0.3, -0.25) is 9.59 Å². The molecule has 0 saturated heterocycles. The number of allylic oxidation sites excluding steroid dienone is 1. The number of carbonyl (C=O) groups excluding carboxylic acids is 2. The number of rotatable bonds is 4. The van der Waals surface area contributed by atoms with E-state index in [1.807, 2.05) is 31.2 Å². The van der Waals surface area contributed by atoms with Gasteiger partial charge in [0.25, 0.3) is 5.91 Å². The van der Waals surface area contributed by atoms with E-state index in [1.165, 1.54) is 10.5 Å². The van der Waals surface area contributed by atoms with Crippen LogP contribution in [0.3, 0.4) is 0 Å². The van der Waals surface area contributed by atoms with Gasteiger partial charge in [-0.2, -0.15) is 0 Å². The van der Waals surface area contributed by atoms with Crippen molar-refractivity contribution in [3.8, 4) is 5.75 Å². The van der Waals surface area contributed by atoms with Gasteiger partial charge in [-0.25, -0.2) is 0 Å². The zero-order chi connectivity index (χ0) is 19.6. The fourth-order valence-corrected chi connectivity index (χ4v) is 3.04. The van der Waals surface area contributed by atoms with E-state index < -0.39 is 0 Å². The van der Waals surface area contributed by atoms with E-state index in [1.54, 1.807) is 31.3 Å². The molecule has 1 aliphatic heterocycles.